The third kappa shape index (κ3) is 3.15. The van der Waals surface area contributed by atoms with E-state index in [0.717, 1.165) is 6.07 Å². The highest BCUT2D eigenvalue weighted by Gasteiger charge is 2.13. The standard InChI is InChI=1S/C15H11FN2O3/c1-2-10-6-9(15(19)20)7-14(18-10)21-13-5-3-4-12(16)11(13)8-17/h3-7H,2H2,1H3,(H,19,20). The number of carboxylic acids is 1. The van der Waals surface area contributed by atoms with Crippen LogP contribution in [0.25, 0.3) is 0 Å². The summed E-state index contributed by atoms with van der Waals surface area (Å²) in [6.45, 7) is 1.82. The van der Waals surface area contributed by atoms with Crippen LogP contribution in [0, 0.1) is 17.1 Å². The molecule has 2 rings (SSSR count). The first kappa shape index (κ1) is 14.5. The molecule has 0 spiro atoms. The summed E-state index contributed by atoms with van der Waals surface area (Å²) in [6, 6.07) is 8.33. The molecule has 0 aliphatic heterocycles. The molecule has 0 saturated carbocycles. The molecule has 0 unspecified atom stereocenters. The Hall–Kier alpha value is -2.94. The molecule has 21 heavy (non-hydrogen) atoms. The van der Waals surface area contributed by atoms with Crippen LogP contribution in [0.1, 0.15) is 28.5 Å². The van der Waals surface area contributed by atoms with Crippen LogP contribution in [0.2, 0.25) is 0 Å². The zero-order chi connectivity index (χ0) is 15.4. The minimum atomic E-state index is -1.11. The zero-order valence-corrected chi connectivity index (χ0v) is 11.1. The molecule has 6 heteroatoms. The summed E-state index contributed by atoms with van der Waals surface area (Å²) in [5, 5.41) is 18.0. The van der Waals surface area contributed by atoms with E-state index in [9.17, 15) is 9.18 Å². The number of rotatable bonds is 4. The first-order valence-corrected chi connectivity index (χ1v) is 6.16. The van der Waals surface area contributed by atoms with Crippen molar-refractivity contribution in [3.05, 3.63) is 53.0 Å². The number of benzene rings is 1. The van der Waals surface area contributed by atoms with Gasteiger partial charge in [0.25, 0.3) is 0 Å². The molecular formula is C15H11FN2O3. The number of nitrogens with zero attached hydrogens (tertiary/aromatic N) is 2. The third-order valence-electron chi connectivity index (χ3n) is 2.77. The van der Waals surface area contributed by atoms with Gasteiger partial charge >= 0.3 is 5.97 Å². The Kier molecular flexibility index (Phi) is 4.14. The van der Waals surface area contributed by atoms with Gasteiger partial charge in [-0.1, -0.05) is 13.0 Å². The van der Waals surface area contributed by atoms with E-state index in [-0.39, 0.29) is 22.8 Å². The molecule has 0 saturated heterocycles. The van der Waals surface area contributed by atoms with Crippen LogP contribution in [-0.2, 0) is 6.42 Å². The molecule has 0 aliphatic carbocycles. The van der Waals surface area contributed by atoms with Crippen LogP contribution in [-0.4, -0.2) is 16.1 Å². The molecule has 0 aliphatic rings. The van der Waals surface area contributed by atoms with Gasteiger partial charge in [0.2, 0.25) is 5.88 Å². The number of hydrogen-bond acceptors (Lipinski definition) is 4. The molecular weight excluding hydrogens is 275 g/mol. The van der Waals surface area contributed by atoms with Crippen molar-refractivity contribution >= 4 is 5.97 Å². The third-order valence-corrected chi connectivity index (χ3v) is 2.77. The Morgan fingerprint density at radius 2 is 2.24 bits per heavy atom. The second-order valence-electron chi connectivity index (χ2n) is 4.17. The molecule has 0 radical (unpaired) electrons. The average Bonchev–Trinajstić information content (AvgIpc) is 2.47. The van der Waals surface area contributed by atoms with Crippen molar-refractivity contribution in [1.29, 1.82) is 5.26 Å². The van der Waals surface area contributed by atoms with Gasteiger partial charge < -0.3 is 9.84 Å². The minimum Gasteiger partial charge on any atom is -0.478 e. The van der Waals surface area contributed by atoms with Crippen molar-refractivity contribution in [3.63, 3.8) is 0 Å². The molecule has 0 atom stereocenters. The van der Waals surface area contributed by atoms with Crippen molar-refractivity contribution in [1.82, 2.24) is 4.98 Å². The lowest BCUT2D eigenvalue weighted by Crippen LogP contribution is -2.02. The van der Waals surface area contributed by atoms with E-state index in [1.54, 1.807) is 6.07 Å². The minimum absolute atomic E-state index is 0.00501. The molecule has 2 aromatic rings. The normalized spacial score (nSPS) is 9.95. The smallest absolute Gasteiger partial charge is 0.335 e. The van der Waals surface area contributed by atoms with Gasteiger partial charge in [-0.05, 0) is 24.6 Å². The van der Waals surface area contributed by atoms with Crippen LogP contribution in [0.3, 0.4) is 0 Å². The van der Waals surface area contributed by atoms with E-state index in [2.05, 4.69) is 4.98 Å². The number of nitriles is 1. The maximum Gasteiger partial charge on any atom is 0.335 e. The molecule has 0 fully saturated rings. The second-order valence-corrected chi connectivity index (χ2v) is 4.17. The fourth-order valence-electron chi connectivity index (χ4n) is 1.73. The summed E-state index contributed by atoms with van der Waals surface area (Å²) in [5.74, 6) is -1.82. The first-order valence-electron chi connectivity index (χ1n) is 6.16. The van der Waals surface area contributed by atoms with E-state index in [1.165, 1.54) is 24.3 Å². The van der Waals surface area contributed by atoms with Crippen molar-refractivity contribution in [2.24, 2.45) is 0 Å². The Bertz CT molecular complexity index is 738. The lowest BCUT2D eigenvalue weighted by Gasteiger charge is -2.09. The van der Waals surface area contributed by atoms with E-state index < -0.39 is 11.8 Å². The number of aryl methyl sites for hydroxylation is 1. The lowest BCUT2D eigenvalue weighted by atomic mass is 10.2. The molecule has 5 nitrogen and oxygen atoms in total. The van der Waals surface area contributed by atoms with E-state index >= 15 is 0 Å². The quantitative estimate of drug-likeness (QED) is 0.933. The largest absolute Gasteiger partial charge is 0.478 e. The number of aromatic nitrogens is 1. The van der Waals surface area contributed by atoms with Crippen LogP contribution in [0.5, 0.6) is 11.6 Å². The zero-order valence-electron chi connectivity index (χ0n) is 11.1. The van der Waals surface area contributed by atoms with Crippen LogP contribution >= 0.6 is 0 Å². The molecule has 106 valence electrons. The topological polar surface area (TPSA) is 83.2 Å². The molecule has 1 aromatic heterocycles. The predicted molar refractivity (Wildman–Crippen MR) is 71.8 cm³/mol. The van der Waals surface area contributed by atoms with Gasteiger partial charge in [0.1, 0.15) is 23.2 Å². The number of ether oxygens (including phenoxy) is 1. The van der Waals surface area contributed by atoms with Gasteiger partial charge in [-0.25, -0.2) is 14.2 Å². The Labute approximate surface area is 120 Å². The molecule has 0 amide bonds. The predicted octanol–water partition coefficient (Wildman–Crippen LogP) is 3.15. The van der Waals surface area contributed by atoms with Gasteiger partial charge in [-0.2, -0.15) is 5.26 Å². The Morgan fingerprint density at radius 1 is 1.48 bits per heavy atom. The Balaban J connectivity index is 2.45. The number of carbonyl (C=O) groups is 1. The van der Waals surface area contributed by atoms with Gasteiger partial charge in [-0.15, -0.1) is 0 Å². The van der Waals surface area contributed by atoms with E-state index in [4.69, 9.17) is 15.1 Å². The van der Waals surface area contributed by atoms with Crippen LogP contribution in [0.15, 0.2) is 30.3 Å². The summed E-state index contributed by atoms with van der Waals surface area (Å²) < 4.78 is 18.9. The van der Waals surface area contributed by atoms with Crippen LogP contribution < -0.4 is 4.74 Å². The summed E-state index contributed by atoms with van der Waals surface area (Å²) >= 11 is 0. The lowest BCUT2D eigenvalue weighted by molar-refractivity contribution is 0.0696. The fraction of sp³-hybridized carbons (Fsp3) is 0.133. The second kappa shape index (κ2) is 6.01. The van der Waals surface area contributed by atoms with Gasteiger partial charge in [0.15, 0.2) is 0 Å². The molecule has 1 heterocycles. The van der Waals surface area contributed by atoms with Crippen molar-refractivity contribution < 1.29 is 19.0 Å². The summed E-state index contributed by atoms with van der Waals surface area (Å²) in [7, 11) is 0. The van der Waals surface area contributed by atoms with Crippen molar-refractivity contribution in [2.45, 2.75) is 13.3 Å². The number of carboxylic acid groups (broad SMARTS) is 1. The van der Waals surface area contributed by atoms with Crippen LogP contribution in [0.4, 0.5) is 4.39 Å². The maximum atomic E-state index is 13.5. The number of pyridine rings is 1. The van der Waals surface area contributed by atoms with Gasteiger partial charge in [0.05, 0.1) is 5.56 Å². The van der Waals surface area contributed by atoms with Crippen molar-refractivity contribution in [3.8, 4) is 17.7 Å². The average molecular weight is 286 g/mol. The number of hydrogen-bond donors (Lipinski definition) is 1. The maximum absolute atomic E-state index is 13.5. The molecule has 0 bridgehead atoms. The summed E-state index contributed by atoms with van der Waals surface area (Å²) in [4.78, 5) is 15.2. The van der Waals surface area contributed by atoms with E-state index in [1.807, 2.05) is 6.92 Å². The van der Waals surface area contributed by atoms with Crippen molar-refractivity contribution in [2.75, 3.05) is 0 Å². The Morgan fingerprint density at radius 3 is 2.86 bits per heavy atom. The highest BCUT2D eigenvalue weighted by molar-refractivity contribution is 5.88. The summed E-state index contributed by atoms with van der Waals surface area (Å²) in [6.07, 6.45) is 0.520. The highest BCUT2D eigenvalue weighted by atomic mass is 19.1. The molecule has 1 aromatic carbocycles. The monoisotopic (exact) mass is 286 g/mol. The number of aromatic carboxylic acids is 1. The molecule has 1 N–H and O–H groups in total. The van der Waals surface area contributed by atoms with Gasteiger partial charge in [0, 0.05) is 11.8 Å². The highest BCUT2D eigenvalue weighted by Crippen LogP contribution is 2.26. The summed E-state index contributed by atoms with van der Waals surface area (Å²) in [5.41, 5.74) is 0.296. The van der Waals surface area contributed by atoms with Gasteiger partial charge in [-0.3, -0.25) is 0 Å². The SMILES string of the molecule is CCc1cc(C(=O)O)cc(Oc2cccc(F)c2C#N)n1. The first-order chi connectivity index (χ1) is 10.0. The van der Waals surface area contributed by atoms with E-state index in [0.29, 0.717) is 12.1 Å². The fourth-order valence-corrected chi connectivity index (χ4v) is 1.73. The number of halogens is 1.